The van der Waals surface area contributed by atoms with Crippen LogP contribution in [0, 0.1) is 0 Å². The lowest BCUT2D eigenvalue weighted by Gasteiger charge is -2.13. The van der Waals surface area contributed by atoms with Gasteiger partial charge in [-0.2, -0.15) is 0 Å². The molecule has 0 spiro atoms. The molecular weight excluding hydrogens is 450 g/mol. The summed E-state index contributed by atoms with van der Waals surface area (Å²) in [6, 6.07) is 25.6. The molecule has 0 unspecified atom stereocenters. The number of fused-ring (bicyclic) bond motifs is 4. The molecule has 36 heavy (non-hydrogen) atoms. The number of aryl methyl sites for hydroxylation is 2. The predicted octanol–water partition coefficient (Wildman–Crippen LogP) is 5.10. The fourth-order valence-electron chi connectivity index (χ4n) is 4.73. The van der Waals surface area contributed by atoms with Gasteiger partial charge in [0, 0.05) is 18.7 Å². The maximum absolute atomic E-state index is 14.0. The highest BCUT2D eigenvalue weighted by atomic mass is 16.5. The summed E-state index contributed by atoms with van der Waals surface area (Å²) in [7, 11) is 1.64. The van der Waals surface area contributed by atoms with E-state index in [1.807, 2.05) is 78.2 Å². The molecule has 0 fully saturated rings. The normalized spacial score (nSPS) is 11.5. The van der Waals surface area contributed by atoms with Crippen LogP contribution in [0.25, 0.3) is 38.9 Å². The van der Waals surface area contributed by atoms with Crippen molar-refractivity contribution in [2.75, 3.05) is 7.11 Å². The second-order valence-corrected chi connectivity index (χ2v) is 8.69. The molecule has 3 aromatic carbocycles. The van der Waals surface area contributed by atoms with Crippen molar-refractivity contribution < 1.29 is 4.74 Å². The summed E-state index contributed by atoms with van der Waals surface area (Å²) in [5.41, 5.74) is 5.19. The second-order valence-electron chi connectivity index (χ2n) is 8.69. The molecular formula is C29H25N5O2. The van der Waals surface area contributed by atoms with Gasteiger partial charge in [0.05, 0.1) is 18.1 Å². The molecule has 0 N–H and O–H groups in total. The monoisotopic (exact) mass is 475 g/mol. The maximum Gasteiger partial charge on any atom is 0.265 e. The first-order valence-electron chi connectivity index (χ1n) is 12.1. The van der Waals surface area contributed by atoms with Crippen molar-refractivity contribution in [1.82, 2.24) is 24.1 Å². The smallest absolute Gasteiger partial charge is 0.265 e. The Labute approximate surface area is 207 Å². The number of para-hydroxylation sites is 2. The van der Waals surface area contributed by atoms with E-state index in [2.05, 4.69) is 12.1 Å². The zero-order valence-corrected chi connectivity index (χ0v) is 20.2. The van der Waals surface area contributed by atoms with Crippen LogP contribution < -0.4 is 10.3 Å². The van der Waals surface area contributed by atoms with E-state index >= 15 is 0 Å². The number of methoxy groups -OCH3 is 1. The van der Waals surface area contributed by atoms with Crippen LogP contribution in [0.15, 0.2) is 83.7 Å². The standard InChI is InChI=1S/C29H25N5O2/c1-3-24-32-27-25(29(35)33(24)18-17-19-9-5-4-6-10-19)26-28(31-23-12-8-7-11-22(23)30-26)34(27)20-13-15-21(36-2)16-14-20/h4-16H,3,17-18H2,1-2H3. The Kier molecular flexibility index (Phi) is 5.45. The maximum atomic E-state index is 14.0. The fraction of sp³-hybridized carbons (Fsp3) is 0.172. The van der Waals surface area contributed by atoms with Gasteiger partial charge < -0.3 is 4.74 Å². The summed E-state index contributed by atoms with van der Waals surface area (Å²) in [4.78, 5) is 28.9. The molecule has 0 saturated carbocycles. The van der Waals surface area contributed by atoms with Crippen molar-refractivity contribution >= 4 is 33.2 Å². The van der Waals surface area contributed by atoms with Crippen molar-refractivity contribution in [1.29, 1.82) is 0 Å². The summed E-state index contributed by atoms with van der Waals surface area (Å²) in [5.74, 6) is 1.49. The van der Waals surface area contributed by atoms with Gasteiger partial charge in [-0.25, -0.2) is 15.0 Å². The molecule has 0 atom stereocenters. The quantitative estimate of drug-likeness (QED) is 0.335. The molecule has 0 aliphatic heterocycles. The Balaban J connectivity index is 1.65. The van der Waals surface area contributed by atoms with Gasteiger partial charge in [0.2, 0.25) is 0 Å². The molecule has 7 heteroatoms. The van der Waals surface area contributed by atoms with E-state index < -0.39 is 0 Å². The minimum Gasteiger partial charge on any atom is -0.497 e. The van der Waals surface area contributed by atoms with Crippen LogP contribution in [-0.2, 0) is 19.4 Å². The van der Waals surface area contributed by atoms with Crippen molar-refractivity contribution in [2.45, 2.75) is 26.3 Å². The number of ether oxygens (including phenoxy) is 1. The molecule has 0 radical (unpaired) electrons. The molecule has 6 rings (SSSR count). The zero-order chi connectivity index (χ0) is 24.6. The number of rotatable bonds is 6. The fourth-order valence-corrected chi connectivity index (χ4v) is 4.73. The van der Waals surface area contributed by atoms with E-state index in [-0.39, 0.29) is 5.56 Å². The molecule has 7 nitrogen and oxygen atoms in total. The van der Waals surface area contributed by atoms with E-state index in [0.717, 1.165) is 34.7 Å². The van der Waals surface area contributed by atoms with E-state index in [1.165, 1.54) is 5.56 Å². The summed E-state index contributed by atoms with van der Waals surface area (Å²) in [5, 5.41) is 0.490. The van der Waals surface area contributed by atoms with Crippen molar-refractivity contribution in [3.8, 4) is 11.4 Å². The second kappa shape index (κ2) is 8.92. The van der Waals surface area contributed by atoms with Crippen LogP contribution in [0.4, 0.5) is 0 Å². The minimum absolute atomic E-state index is 0.0883. The Morgan fingerprint density at radius 1 is 0.806 bits per heavy atom. The Hall–Kier alpha value is -4.52. The average Bonchev–Trinajstić information content (AvgIpc) is 3.24. The van der Waals surface area contributed by atoms with Gasteiger partial charge in [-0.3, -0.25) is 13.9 Å². The average molecular weight is 476 g/mol. The van der Waals surface area contributed by atoms with Crippen molar-refractivity contribution in [3.63, 3.8) is 0 Å². The third kappa shape index (κ3) is 3.60. The number of aromatic nitrogens is 5. The van der Waals surface area contributed by atoms with Crippen molar-refractivity contribution in [3.05, 3.63) is 101 Å². The zero-order valence-electron chi connectivity index (χ0n) is 20.2. The van der Waals surface area contributed by atoms with Gasteiger partial charge in [0.25, 0.3) is 5.56 Å². The van der Waals surface area contributed by atoms with Gasteiger partial charge in [0.15, 0.2) is 11.3 Å². The van der Waals surface area contributed by atoms with Gasteiger partial charge in [-0.1, -0.05) is 49.4 Å². The highest BCUT2D eigenvalue weighted by molar-refractivity contribution is 6.05. The number of hydrogen-bond donors (Lipinski definition) is 0. The predicted molar refractivity (Wildman–Crippen MR) is 142 cm³/mol. The topological polar surface area (TPSA) is 74.8 Å². The molecule has 0 bridgehead atoms. The van der Waals surface area contributed by atoms with Crippen LogP contribution in [0.3, 0.4) is 0 Å². The number of hydrogen-bond acceptors (Lipinski definition) is 5. The third-order valence-electron chi connectivity index (χ3n) is 6.56. The molecule has 0 amide bonds. The molecule has 3 aromatic heterocycles. The first-order chi connectivity index (χ1) is 17.7. The van der Waals surface area contributed by atoms with Gasteiger partial charge in [-0.05, 0) is 48.4 Å². The highest BCUT2D eigenvalue weighted by Gasteiger charge is 2.22. The van der Waals surface area contributed by atoms with Crippen LogP contribution in [0.1, 0.15) is 18.3 Å². The van der Waals surface area contributed by atoms with Gasteiger partial charge in [0.1, 0.15) is 22.5 Å². The van der Waals surface area contributed by atoms with Crippen molar-refractivity contribution in [2.24, 2.45) is 0 Å². The van der Waals surface area contributed by atoms with E-state index in [1.54, 1.807) is 11.7 Å². The molecule has 3 heterocycles. The molecule has 178 valence electrons. The van der Waals surface area contributed by atoms with Crippen LogP contribution in [0.2, 0.25) is 0 Å². The summed E-state index contributed by atoms with van der Waals surface area (Å²) in [6.45, 7) is 2.57. The van der Waals surface area contributed by atoms with E-state index in [4.69, 9.17) is 19.7 Å². The Bertz CT molecular complexity index is 1770. The van der Waals surface area contributed by atoms with Crippen LogP contribution >= 0.6 is 0 Å². The molecule has 0 aliphatic rings. The molecule has 6 aromatic rings. The Morgan fingerprint density at radius 3 is 2.19 bits per heavy atom. The number of benzene rings is 3. The van der Waals surface area contributed by atoms with Gasteiger partial charge in [-0.15, -0.1) is 0 Å². The van der Waals surface area contributed by atoms with Crippen LogP contribution in [0.5, 0.6) is 5.75 Å². The SMILES string of the molecule is CCc1nc2c(c(=O)n1CCc1ccccc1)c1nc3ccccc3nc1n2-c1ccc(OC)cc1. The Morgan fingerprint density at radius 2 is 1.50 bits per heavy atom. The van der Waals surface area contributed by atoms with Gasteiger partial charge >= 0.3 is 0 Å². The number of nitrogens with zero attached hydrogens (tertiary/aromatic N) is 5. The molecule has 0 saturated heterocycles. The highest BCUT2D eigenvalue weighted by Crippen LogP contribution is 2.29. The lowest BCUT2D eigenvalue weighted by Crippen LogP contribution is -2.26. The minimum atomic E-state index is -0.0883. The first kappa shape index (κ1) is 22.0. The van der Waals surface area contributed by atoms with E-state index in [9.17, 15) is 4.79 Å². The summed E-state index contributed by atoms with van der Waals surface area (Å²) < 4.78 is 9.08. The lowest BCUT2D eigenvalue weighted by molar-refractivity contribution is 0.415. The largest absolute Gasteiger partial charge is 0.497 e. The van der Waals surface area contributed by atoms with E-state index in [0.29, 0.717) is 35.2 Å². The first-order valence-corrected chi connectivity index (χ1v) is 12.1. The molecule has 0 aliphatic carbocycles. The summed E-state index contributed by atoms with van der Waals surface area (Å²) in [6.07, 6.45) is 1.37. The lowest BCUT2D eigenvalue weighted by atomic mass is 10.1. The third-order valence-corrected chi connectivity index (χ3v) is 6.56. The van der Waals surface area contributed by atoms with Crippen LogP contribution in [-0.4, -0.2) is 31.2 Å². The summed E-state index contributed by atoms with van der Waals surface area (Å²) >= 11 is 0.